The maximum Gasteiger partial charge on any atom is 0.322 e. The Balaban J connectivity index is 1.50. The van der Waals surface area contributed by atoms with Gasteiger partial charge in [-0.2, -0.15) is 4.31 Å². The molecule has 2 aromatic carbocycles. The summed E-state index contributed by atoms with van der Waals surface area (Å²) in [5.74, 6) is 0.289. The van der Waals surface area contributed by atoms with Gasteiger partial charge < -0.3 is 9.15 Å². The molecule has 0 radical (unpaired) electrons. The molecule has 4 rings (SSSR count). The Kier molecular flexibility index (Phi) is 5.94. The zero-order valence-corrected chi connectivity index (χ0v) is 18.1. The van der Waals surface area contributed by atoms with Crippen molar-refractivity contribution in [1.82, 2.24) is 14.5 Å². The smallest absolute Gasteiger partial charge is 0.322 e. The largest absolute Gasteiger partial charge is 0.497 e. The standard InChI is InChI=1S/C20H19ClN4O5S/c1-29-15-5-2-4-13(12-15)19-23-24-20(30-19)22-18(26)17-6-3-11-25(17)31(27,28)16-9-7-14(21)8-10-16/h2,4-5,7-10,12,17H,3,6,11H2,1H3,(H,22,24,26). The lowest BCUT2D eigenvalue weighted by atomic mass is 10.2. The van der Waals surface area contributed by atoms with Crippen LogP contribution in [-0.2, 0) is 14.8 Å². The van der Waals surface area contributed by atoms with E-state index in [1.54, 1.807) is 31.4 Å². The van der Waals surface area contributed by atoms with Crippen molar-refractivity contribution in [3.05, 3.63) is 53.6 Å². The number of benzene rings is 2. The summed E-state index contributed by atoms with van der Waals surface area (Å²) in [5, 5.41) is 10.7. The minimum Gasteiger partial charge on any atom is -0.497 e. The minimum atomic E-state index is -3.85. The van der Waals surface area contributed by atoms with Crippen molar-refractivity contribution < 1.29 is 22.4 Å². The van der Waals surface area contributed by atoms with Gasteiger partial charge in [0.05, 0.1) is 12.0 Å². The SMILES string of the molecule is COc1cccc(-c2nnc(NC(=O)C3CCCN3S(=O)(=O)c3ccc(Cl)cc3)o2)c1. The van der Waals surface area contributed by atoms with Crippen LogP contribution in [0.1, 0.15) is 12.8 Å². The van der Waals surface area contributed by atoms with Crippen LogP contribution < -0.4 is 10.1 Å². The van der Waals surface area contributed by atoms with E-state index >= 15 is 0 Å². The number of amides is 1. The second-order valence-corrected chi connectivity index (χ2v) is 9.19. The highest BCUT2D eigenvalue weighted by Crippen LogP contribution is 2.28. The number of rotatable bonds is 6. The molecule has 1 saturated heterocycles. The first-order chi connectivity index (χ1) is 14.9. The molecule has 1 amide bonds. The van der Waals surface area contributed by atoms with Gasteiger partial charge in [-0.3, -0.25) is 10.1 Å². The van der Waals surface area contributed by atoms with Gasteiger partial charge >= 0.3 is 6.01 Å². The van der Waals surface area contributed by atoms with E-state index in [1.807, 2.05) is 0 Å². The number of hydrogen-bond donors (Lipinski definition) is 1. The maximum absolute atomic E-state index is 13.0. The van der Waals surface area contributed by atoms with Crippen LogP contribution in [0.4, 0.5) is 6.01 Å². The zero-order chi connectivity index (χ0) is 22.0. The van der Waals surface area contributed by atoms with Crippen LogP contribution in [0, 0.1) is 0 Å². The molecule has 0 aliphatic carbocycles. The van der Waals surface area contributed by atoms with Gasteiger partial charge in [0.15, 0.2) is 0 Å². The third-order valence-corrected chi connectivity index (χ3v) is 7.07. The lowest BCUT2D eigenvalue weighted by Gasteiger charge is -2.22. The zero-order valence-electron chi connectivity index (χ0n) is 16.5. The third kappa shape index (κ3) is 4.41. The Bertz CT molecular complexity index is 1200. The molecular formula is C20H19ClN4O5S. The fourth-order valence-corrected chi connectivity index (χ4v) is 5.15. The molecule has 0 saturated carbocycles. The summed E-state index contributed by atoms with van der Waals surface area (Å²) in [5.41, 5.74) is 0.625. The van der Waals surface area contributed by atoms with E-state index in [1.165, 1.54) is 28.6 Å². The van der Waals surface area contributed by atoms with Crippen molar-refractivity contribution in [2.45, 2.75) is 23.8 Å². The molecule has 1 aliphatic rings. The number of halogens is 1. The van der Waals surface area contributed by atoms with Gasteiger partial charge in [0, 0.05) is 17.1 Å². The second kappa shape index (κ2) is 8.66. The van der Waals surface area contributed by atoms with E-state index in [0.29, 0.717) is 29.2 Å². The predicted octanol–water partition coefficient (Wildman–Crippen LogP) is 3.19. The van der Waals surface area contributed by atoms with Gasteiger partial charge in [0.2, 0.25) is 21.8 Å². The van der Waals surface area contributed by atoms with Gasteiger partial charge in [-0.1, -0.05) is 22.8 Å². The lowest BCUT2D eigenvalue weighted by Crippen LogP contribution is -2.43. The number of hydrogen-bond acceptors (Lipinski definition) is 7. The molecule has 1 aromatic heterocycles. The van der Waals surface area contributed by atoms with E-state index in [4.69, 9.17) is 20.8 Å². The summed E-state index contributed by atoms with van der Waals surface area (Å²) < 4.78 is 37.9. The van der Waals surface area contributed by atoms with Crippen molar-refractivity contribution in [2.75, 3.05) is 19.0 Å². The van der Waals surface area contributed by atoms with E-state index < -0.39 is 22.0 Å². The van der Waals surface area contributed by atoms with Crippen LogP contribution in [0.3, 0.4) is 0 Å². The van der Waals surface area contributed by atoms with Crippen molar-refractivity contribution in [3.63, 3.8) is 0 Å². The fraction of sp³-hybridized carbons (Fsp3) is 0.250. The molecule has 162 valence electrons. The molecular weight excluding hydrogens is 444 g/mol. The summed E-state index contributed by atoms with van der Waals surface area (Å²) in [6.45, 7) is 0.238. The van der Waals surface area contributed by atoms with Crippen LogP contribution >= 0.6 is 11.6 Å². The van der Waals surface area contributed by atoms with Crippen molar-refractivity contribution in [1.29, 1.82) is 0 Å². The number of methoxy groups -OCH3 is 1. The predicted molar refractivity (Wildman–Crippen MR) is 113 cm³/mol. The number of ether oxygens (including phenoxy) is 1. The fourth-order valence-electron chi connectivity index (χ4n) is 3.37. The van der Waals surface area contributed by atoms with E-state index in [0.717, 1.165) is 0 Å². The van der Waals surface area contributed by atoms with Crippen molar-refractivity contribution >= 4 is 33.5 Å². The molecule has 1 aliphatic heterocycles. The first-order valence-electron chi connectivity index (χ1n) is 9.45. The number of carbonyl (C=O) groups is 1. The maximum atomic E-state index is 13.0. The molecule has 31 heavy (non-hydrogen) atoms. The van der Waals surface area contributed by atoms with E-state index in [2.05, 4.69) is 15.5 Å². The molecule has 1 N–H and O–H groups in total. The van der Waals surface area contributed by atoms with Crippen molar-refractivity contribution in [3.8, 4) is 17.2 Å². The van der Waals surface area contributed by atoms with E-state index in [9.17, 15) is 13.2 Å². The number of aromatic nitrogens is 2. The van der Waals surface area contributed by atoms with Gasteiger partial charge in [0.25, 0.3) is 0 Å². The van der Waals surface area contributed by atoms with Crippen LogP contribution in [-0.4, -0.2) is 48.5 Å². The van der Waals surface area contributed by atoms with Gasteiger partial charge in [-0.15, -0.1) is 5.10 Å². The van der Waals surface area contributed by atoms with Gasteiger partial charge in [-0.25, -0.2) is 8.42 Å². The summed E-state index contributed by atoms with van der Waals surface area (Å²) in [4.78, 5) is 12.9. The third-order valence-electron chi connectivity index (χ3n) is 4.90. The number of carbonyl (C=O) groups excluding carboxylic acids is 1. The molecule has 11 heteroatoms. The molecule has 1 fully saturated rings. The number of anilines is 1. The summed E-state index contributed by atoms with van der Waals surface area (Å²) in [6.07, 6.45) is 0.944. The average Bonchev–Trinajstić information content (AvgIpc) is 3.44. The van der Waals surface area contributed by atoms with Gasteiger partial charge in [-0.05, 0) is 55.3 Å². The summed E-state index contributed by atoms with van der Waals surface area (Å²) >= 11 is 5.85. The Hall–Kier alpha value is -2.95. The summed E-state index contributed by atoms with van der Waals surface area (Å²) in [6, 6.07) is 11.9. The molecule has 3 aromatic rings. The highest BCUT2D eigenvalue weighted by molar-refractivity contribution is 7.89. The van der Waals surface area contributed by atoms with Crippen LogP contribution in [0.25, 0.3) is 11.5 Å². The number of nitrogens with one attached hydrogen (secondary N) is 1. The van der Waals surface area contributed by atoms with E-state index in [-0.39, 0.29) is 23.3 Å². The Morgan fingerprint density at radius 2 is 2.00 bits per heavy atom. The number of nitrogens with zero attached hydrogens (tertiary/aromatic N) is 3. The molecule has 2 heterocycles. The van der Waals surface area contributed by atoms with Crippen LogP contribution in [0.15, 0.2) is 57.8 Å². The molecule has 1 unspecified atom stereocenters. The highest BCUT2D eigenvalue weighted by atomic mass is 35.5. The Morgan fingerprint density at radius 3 is 2.74 bits per heavy atom. The average molecular weight is 463 g/mol. The summed E-state index contributed by atoms with van der Waals surface area (Å²) in [7, 11) is -2.31. The first kappa shape index (κ1) is 21.3. The molecule has 9 nitrogen and oxygen atoms in total. The number of sulfonamides is 1. The van der Waals surface area contributed by atoms with Crippen LogP contribution in [0.5, 0.6) is 5.75 Å². The highest BCUT2D eigenvalue weighted by Gasteiger charge is 2.39. The topological polar surface area (TPSA) is 115 Å². The van der Waals surface area contributed by atoms with Crippen molar-refractivity contribution in [2.24, 2.45) is 0 Å². The molecule has 0 bridgehead atoms. The Morgan fingerprint density at radius 1 is 1.23 bits per heavy atom. The lowest BCUT2D eigenvalue weighted by molar-refractivity contribution is -0.119. The normalized spacial score (nSPS) is 16.9. The molecule has 1 atom stereocenters. The second-order valence-electron chi connectivity index (χ2n) is 6.86. The monoisotopic (exact) mass is 462 g/mol. The quantitative estimate of drug-likeness (QED) is 0.598. The van der Waals surface area contributed by atoms with Crippen LogP contribution in [0.2, 0.25) is 5.02 Å². The molecule has 0 spiro atoms. The first-order valence-corrected chi connectivity index (χ1v) is 11.3. The Labute approximate surface area is 184 Å². The van der Waals surface area contributed by atoms with Gasteiger partial charge in [0.1, 0.15) is 11.8 Å². The minimum absolute atomic E-state index is 0.0784.